The SMILES string of the molecule is O=C1CC(C(=O)NCc2cccnc2)n2c(nc3ccccc32)N1. The molecule has 0 spiro atoms. The summed E-state index contributed by atoms with van der Waals surface area (Å²) in [7, 11) is 0. The summed E-state index contributed by atoms with van der Waals surface area (Å²) in [6, 6.07) is 10.6. The van der Waals surface area contributed by atoms with Gasteiger partial charge in [0.1, 0.15) is 6.04 Å². The molecule has 0 saturated heterocycles. The summed E-state index contributed by atoms with van der Waals surface area (Å²) in [5.41, 5.74) is 2.48. The quantitative estimate of drug-likeness (QED) is 0.767. The van der Waals surface area contributed by atoms with Crippen LogP contribution >= 0.6 is 0 Å². The molecule has 0 aliphatic carbocycles. The lowest BCUT2D eigenvalue weighted by molar-refractivity contribution is -0.128. The van der Waals surface area contributed by atoms with Crippen LogP contribution in [0.4, 0.5) is 5.95 Å². The average Bonchev–Trinajstić information content (AvgIpc) is 2.98. The molecule has 0 saturated carbocycles. The highest BCUT2D eigenvalue weighted by molar-refractivity contribution is 5.99. The van der Waals surface area contributed by atoms with E-state index in [1.54, 1.807) is 17.0 Å². The molecular weight excluding hydrogens is 306 g/mol. The maximum atomic E-state index is 12.7. The maximum Gasteiger partial charge on any atom is 0.244 e. The average molecular weight is 321 g/mol. The third-order valence-corrected chi connectivity index (χ3v) is 4.03. The van der Waals surface area contributed by atoms with Crippen molar-refractivity contribution < 1.29 is 9.59 Å². The molecule has 2 amide bonds. The van der Waals surface area contributed by atoms with Gasteiger partial charge in [0.05, 0.1) is 17.5 Å². The number of imidazole rings is 1. The second-order valence-corrected chi connectivity index (χ2v) is 5.64. The molecule has 0 bridgehead atoms. The third-order valence-electron chi connectivity index (χ3n) is 4.03. The Kier molecular flexibility index (Phi) is 3.45. The van der Waals surface area contributed by atoms with Crippen molar-refractivity contribution in [1.29, 1.82) is 0 Å². The van der Waals surface area contributed by atoms with Crippen LogP contribution in [0.3, 0.4) is 0 Å². The molecule has 7 nitrogen and oxygen atoms in total. The Balaban J connectivity index is 1.64. The first-order valence-electron chi connectivity index (χ1n) is 7.66. The van der Waals surface area contributed by atoms with Crippen molar-refractivity contribution in [3.8, 4) is 0 Å². The highest BCUT2D eigenvalue weighted by atomic mass is 16.2. The Morgan fingerprint density at radius 2 is 2.17 bits per heavy atom. The summed E-state index contributed by atoms with van der Waals surface area (Å²) in [6.07, 6.45) is 3.47. The van der Waals surface area contributed by atoms with Gasteiger partial charge in [-0.05, 0) is 23.8 Å². The zero-order valence-corrected chi connectivity index (χ0v) is 12.8. The fraction of sp³-hybridized carbons (Fsp3) is 0.176. The van der Waals surface area contributed by atoms with Crippen LogP contribution in [0, 0.1) is 0 Å². The first-order valence-corrected chi connectivity index (χ1v) is 7.66. The molecular formula is C17H15N5O2. The van der Waals surface area contributed by atoms with Crippen LogP contribution in [0.15, 0.2) is 48.8 Å². The number of nitrogens with one attached hydrogen (secondary N) is 2. The molecule has 24 heavy (non-hydrogen) atoms. The number of hydrogen-bond donors (Lipinski definition) is 2. The zero-order chi connectivity index (χ0) is 16.5. The van der Waals surface area contributed by atoms with E-state index in [0.29, 0.717) is 12.5 Å². The van der Waals surface area contributed by atoms with Gasteiger partial charge in [-0.15, -0.1) is 0 Å². The Bertz CT molecular complexity index is 919. The number of aromatic nitrogens is 3. The van der Waals surface area contributed by atoms with Crippen molar-refractivity contribution in [3.05, 3.63) is 54.4 Å². The molecule has 120 valence electrons. The van der Waals surface area contributed by atoms with Gasteiger partial charge in [-0.25, -0.2) is 4.98 Å². The van der Waals surface area contributed by atoms with Gasteiger partial charge < -0.3 is 5.32 Å². The van der Waals surface area contributed by atoms with Crippen LogP contribution in [-0.2, 0) is 16.1 Å². The smallest absolute Gasteiger partial charge is 0.244 e. The molecule has 0 fully saturated rings. The van der Waals surface area contributed by atoms with Crippen LogP contribution in [0.1, 0.15) is 18.0 Å². The normalized spacial score (nSPS) is 16.5. The van der Waals surface area contributed by atoms with E-state index in [0.717, 1.165) is 16.6 Å². The van der Waals surface area contributed by atoms with Crippen LogP contribution in [0.25, 0.3) is 11.0 Å². The molecule has 3 heterocycles. The van der Waals surface area contributed by atoms with Crippen molar-refractivity contribution >= 4 is 28.8 Å². The monoisotopic (exact) mass is 321 g/mol. The lowest BCUT2D eigenvalue weighted by Crippen LogP contribution is -2.38. The lowest BCUT2D eigenvalue weighted by Gasteiger charge is -2.24. The highest BCUT2D eigenvalue weighted by Gasteiger charge is 2.32. The van der Waals surface area contributed by atoms with E-state index in [-0.39, 0.29) is 18.2 Å². The van der Waals surface area contributed by atoms with Crippen LogP contribution in [0.5, 0.6) is 0 Å². The van der Waals surface area contributed by atoms with E-state index in [1.165, 1.54) is 0 Å². The van der Waals surface area contributed by atoms with Gasteiger partial charge in [-0.1, -0.05) is 18.2 Å². The molecule has 3 aromatic rings. The minimum Gasteiger partial charge on any atom is -0.350 e. The number of pyridine rings is 1. The molecule has 1 atom stereocenters. The van der Waals surface area contributed by atoms with E-state index in [9.17, 15) is 9.59 Å². The van der Waals surface area contributed by atoms with E-state index in [2.05, 4.69) is 20.6 Å². The number of anilines is 1. The van der Waals surface area contributed by atoms with Gasteiger partial charge >= 0.3 is 0 Å². The van der Waals surface area contributed by atoms with E-state index >= 15 is 0 Å². The maximum absolute atomic E-state index is 12.7. The summed E-state index contributed by atoms with van der Waals surface area (Å²) in [5, 5.41) is 5.61. The van der Waals surface area contributed by atoms with Crippen molar-refractivity contribution in [2.75, 3.05) is 5.32 Å². The molecule has 1 aliphatic heterocycles. The van der Waals surface area contributed by atoms with Gasteiger partial charge in [-0.3, -0.25) is 24.5 Å². The summed E-state index contributed by atoms with van der Waals surface area (Å²) < 4.78 is 1.79. The number of nitrogens with zero attached hydrogens (tertiary/aromatic N) is 3. The minimum absolute atomic E-state index is 0.0895. The Labute approximate surface area is 137 Å². The molecule has 7 heteroatoms. The van der Waals surface area contributed by atoms with Gasteiger partial charge in [0, 0.05) is 18.9 Å². The second kappa shape index (κ2) is 5.77. The fourth-order valence-electron chi connectivity index (χ4n) is 2.91. The molecule has 1 unspecified atom stereocenters. The summed E-state index contributed by atoms with van der Waals surface area (Å²) in [4.78, 5) is 33.0. The largest absolute Gasteiger partial charge is 0.350 e. The van der Waals surface area contributed by atoms with Gasteiger partial charge in [0.15, 0.2) is 0 Å². The number of hydrogen-bond acceptors (Lipinski definition) is 4. The van der Waals surface area contributed by atoms with Crippen LogP contribution < -0.4 is 10.6 Å². The van der Waals surface area contributed by atoms with Crippen molar-refractivity contribution in [2.45, 2.75) is 19.0 Å². The Morgan fingerprint density at radius 3 is 3.00 bits per heavy atom. The summed E-state index contributed by atoms with van der Waals surface area (Å²) in [6.45, 7) is 0.368. The number of amides is 2. The van der Waals surface area contributed by atoms with E-state index < -0.39 is 6.04 Å². The Morgan fingerprint density at radius 1 is 1.29 bits per heavy atom. The van der Waals surface area contributed by atoms with Gasteiger partial charge in [0.25, 0.3) is 0 Å². The van der Waals surface area contributed by atoms with Gasteiger partial charge in [0.2, 0.25) is 17.8 Å². The van der Waals surface area contributed by atoms with Gasteiger partial charge in [-0.2, -0.15) is 0 Å². The highest BCUT2D eigenvalue weighted by Crippen LogP contribution is 2.30. The molecule has 1 aromatic carbocycles. The number of fused-ring (bicyclic) bond motifs is 3. The molecule has 1 aliphatic rings. The molecule has 2 N–H and O–H groups in total. The summed E-state index contributed by atoms with van der Waals surface area (Å²) >= 11 is 0. The molecule has 2 aromatic heterocycles. The zero-order valence-electron chi connectivity index (χ0n) is 12.8. The molecule has 0 radical (unpaired) electrons. The Hall–Kier alpha value is -3.22. The predicted octanol–water partition coefficient (Wildman–Crippen LogP) is 1.63. The predicted molar refractivity (Wildman–Crippen MR) is 88.1 cm³/mol. The standard InChI is InChI=1S/C17H15N5O2/c23-15-8-14(16(24)19-10-11-4-3-7-18-9-11)22-13-6-2-1-5-12(13)20-17(22)21-15/h1-7,9,14H,8,10H2,(H,19,24)(H,20,21,23). The number of carbonyl (C=O) groups excluding carboxylic acids is 2. The van der Waals surface area contributed by atoms with E-state index in [1.807, 2.05) is 36.4 Å². The lowest BCUT2D eigenvalue weighted by atomic mass is 10.1. The summed E-state index contributed by atoms with van der Waals surface area (Å²) in [5.74, 6) is -0.00795. The van der Waals surface area contributed by atoms with Crippen molar-refractivity contribution in [1.82, 2.24) is 19.9 Å². The third kappa shape index (κ3) is 2.50. The number of benzene rings is 1. The number of rotatable bonds is 3. The first kappa shape index (κ1) is 14.4. The first-order chi connectivity index (χ1) is 11.7. The van der Waals surface area contributed by atoms with Crippen LogP contribution in [0.2, 0.25) is 0 Å². The minimum atomic E-state index is -0.613. The molecule has 4 rings (SSSR count). The van der Waals surface area contributed by atoms with Crippen LogP contribution in [-0.4, -0.2) is 26.3 Å². The van der Waals surface area contributed by atoms with Crippen molar-refractivity contribution in [2.24, 2.45) is 0 Å². The van der Waals surface area contributed by atoms with Crippen molar-refractivity contribution in [3.63, 3.8) is 0 Å². The van der Waals surface area contributed by atoms with E-state index in [4.69, 9.17) is 0 Å². The topological polar surface area (TPSA) is 88.9 Å². The fourth-order valence-corrected chi connectivity index (χ4v) is 2.91. The number of para-hydroxylation sites is 2. The number of carbonyl (C=O) groups is 2. The second-order valence-electron chi connectivity index (χ2n) is 5.64.